The molecule has 4 rings (SSSR count). The Morgan fingerprint density at radius 2 is 1.68 bits per heavy atom. The standard InChI is InChI=1S/C31H26Cl2N2O5/c1-4-39-29-14-19(12-22(17-34)31(36)35-26-16-27(37-2)24(32)15-28(26)38-3)13-25(33)30(29)40-18-21-10-7-9-20-8-5-6-11-23(20)21/h5-16H,4,18H2,1-3H3,(H,35,36)/b22-12+. The van der Waals surface area contributed by atoms with Crippen LogP contribution >= 0.6 is 23.2 Å². The van der Waals surface area contributed by atoms with Gasteiger partial charge in [0.15, 0.2) is 11.5 Å². The summed E-state index contributed by atoms with van der Waals surface area (Å²) in [5.41, 5.74) is 1.61. The van der Waals surface area contributed by atoms with E-state index in [1.807, 2.05) is 55.5 Å². The maximum Gasteiger partial charge on any atom is 0.266 e. The highest BCUT2D eigenvalue weighted by Crippen LogP contribution is 2.39. The third-order valence-electron chi connectivity index (χ3n) is 5.98. The second-order valence-electron chi connectivity index (χ2n) is 8.50. The predicted molar refractivity (Wildman–Crippen MR) is 158 cm³/mol. The molecule has 0 aromatic heterocycles. The van der Waals surface area contributed by atoms with Crippen LogP contribution in [-0.2, 0) is 11.4 Å². The van der Waals surface area contributed by atoms with Crippen LogP contribution in [0.5, 0.6) is 23.0 Å². The van der Waals surface area contributed by atoms with Crippen LogP contribution in [0.2, 0.25) is 10.0 Å². The number of fused-ring (bicyclic) bond motifs is 1. The molecule has 4 aromatic rings. The first-order chi connectivity index (χ1) is 19.4. The van der Waals surface area contributed by atoms with Crippen LogP contribution in [0.15, 0.2) is 72.3 Å². The van der Waals surface area contributed by atoms with Gasteiger partial charge < -0.3 is 24.3 Å². The molecule has 0 aliphatic rings. The van der Waals surface area contributed by atoms with Gasteiger partial charge in [-0.1, -0.05) is 65.7 Å². The van der Waals surface area contributed by atoms with Crippen LogP contribution in [0, 0.1) is 11.3 Å². The maximum atomic E-state index is 13.0. The van der Waals surface area contributed by atoms with Crippen LogP contribution in [0.4, 0.5) is 5.69 Å². The van der Waals surface area contributed by atoms with Crippen LogP contribution < -0.4 is 24.3 Å². The first-order valence-corrected chi connectivity index (χ1v) is 13.0. The number of carbonyl (C=O) groups is 1. The van der Waals surface area contributed by atoms with E-state index in [0.717, 1.165) is 16.3 Å². The van der Waals surface area contributed by atoms with Crippen molar-refractivity contribution < 1.29 is 23.7 Å². The number of nitrogens with zero attached hydrogens (tertiary/aromatic N) is 1. The Kier molecular flexibility index (Phi) is 9.39. The number of benzene rings is 4. The van der Waals surface area contributed by atoms with E-state index >= 15 is 0 Å². The maximum absolute atomic E-state index is 13.0. The summed E-state index contributed by atoms with van der Waals surface area (Å²) >= 11 is 12.8. The Morgan fingerprint density at radius 1 is 0.925 bits per heavy atom. The molecule has 1 N–H and O–H groups in total. The molecule has 0 spiro atoms. The number of hydrogen-bond acceptors (Lipinski definition) is 6. The summed E-state index contributed by atoms with van der Waals surface area (Å²) in [5.74, 6) is 0.756. The molecule has 40 heavy (non-hydrogen) atoms. The number of nitriles is 1. The van der Waals surface area contributed by atoms with Crippen molar-refractivity contribution in [3.8, 4) is 29.1 Å². The van der Waals surface area contributed by atoms with E-state index in [1.165, 1.54) is 32.4 Å². The number of rotatable bonds is 10. The van der Waals surface area contributed by atoms with E-state index in [9.17, 15) is 10.1 Å². The summed E-state index contributed by atoms with van der Waals surface area (Å²) in [7, 11) is 2.89. The van der Waals surface area contributed by atoms with Gasteiger partial charge in [0.1, 0.15) is 29.7 Å². The number of methoxy groups -OCH3 is 2. The number of amides is 1. The topological polar surface area (TPSA) is 89.8 Å². The molecule has 0 aliphatic carbocycles. The Labute approximate surface area is 242 Å². The molecule has 0 saturated heterocycles. The smallest absolute Gasteiger partial charge is 0.266 e. The minimum Gasteiger partial charge on any atom is -0.495 e. The number of ether oxygens (including phenoxy) is 4. The lowest BCUT2D eigenvalue weighted by molar-refractivity contribution is -0.112. The fourth-order valence-corrected chi connectivity index (χ4v) is 4.61. The molecule has 1 amide bonds. The summed E-state index contributed by atoms with van der Waals surface area (Å²) in [6.07, 6.45) is 1.41. The van der Waals surface area contributed by atoms with Crippen molar-refractivity contribution in [2.75, 3.05) is 26.1 Å². The minimum atomic E-state index is -0.657. The van der Waals surface area contributed by atoms with Crippen LogP contribution in [0.25, 0.3) is 16.8 Å². The highest BCUT2D eigenvalue weighted by atomic mass is 35.5. The molecule has 0 aliphatic heterocycles. The minimum absolute atomic E-state index is 0.168. The van der Waals surface area contributed by atoms with Crippen LogP contribution in [0.3, 0.4) is 0 Å². The summed E-state index contributed by atoms with van der Waals surface area (Å²) < 4.78 is 22.5. The molecule has 0 bridgehead atoms. The molecule has 0 saturated carbocycles. The molecule has 0 radical (unpaired) electrons. The summed E-state index contributed by atoms with van der Waals surface area (Å²) in [6.45, 7) is 2.47. The second-order valence-corrected chi connectivity index (χ2v) is 9.32. The first-order valence-electron chi connectivity index (χ1n) is 12.3. The first kappa shape index (κ1) is 28.6. The molecule has 0 fully saturated rings. The summed E-state index contributed by atoms with van der Waals surface area (Å²) in [5, 5.41) is 15.2. The lowest BCUT2D eigenvalue weighted by atomic mass is 10.1. The van der Waals surface area contributed by atoms with Crippen molar-refractivity contribution in [3.63, 3.8) is 0 Å². The highest BCUT2D eigenvalue weighted by molar-refractivity contribution is 6.33. The van der Waals surface area contributed by atoms with E-state index in [1.54, 1.807) is 12.1 Å². The lowest BCUT2D eigenvalue weighted by Gasteiger charge is -2.16. The lowest BCUT2D eigenvalue weighted by Crippen LogP contribution is -2.14. The SMILES string of the molecule is CCOc1cc(/C=C(\C#N)C(=O)Nc2cc(OC)c(Cl)cc2OC)cc(Cl)c1OCc1cccc2ccccc12. The van der Waals surface area contributed by atoms with Gasteiger partial charge in [-0.3, -0.25) is 4.79 Å². The molecular formula is C31H26Cl2N2O5. The molecule has 0 atom stereocenters. The summed E-state index contributed by atoms with van der Waals surface area (Å²) in [4.78, 5) is 13.0. The predicted octanol–water partition coefficient (Wildman–Crippen LogP) is 7.69. The zero-order valence-corrected chi connectivity index (χ0v) is 23.6. The monoisotopic (exact) mass is 576 g/mol. The molecule has 0 unspecified atom stereocenters. The van der Waals surface area contributed by atoms with Crippen molar-refractivity contribution in [1.29, 1.82) is 5.26 Å². The number of halogens is 2. The van der Waals surface area contributed by atoms with Crippen LogP contribution in [-0.4, -0.2) is 26.7 Å². The molecule has 4 aromatic carbocycles. The highest BCUT2D eigenvalue weighted by Gasteiger charge is 2.18. The number of anilines is 1. The van der Waals surface area contributed by atoms with Crippen molar-refractivity contribution in [2.45, 2.75) is 13.5 Å². The van der Waals surface area contributed by atoms with Gasteiger partial charge in [-0.05, 0) is 47.0 Å². The van der Waals surface area contributed by atoms with E-state index in [2.05, 4.69) is 5.32 Å². The second kappa shape index (κ2) is 13.1. The van der Waals surface area contributed by atoms with Crippen molar-refractivity contribution in [2.24, 2.45) is 0 Å². The third-order valence-corrected chi connectivity index (χ3v) is 6.56. The van der Waals surface area contributed by atoms with Gasteiger partial charge in [0.2, 0.25) is 0 Å². The van der Waals surface area contributed by atoms with E-state index in [4.69, 9.17) is 42.1 Å². The number of nitrogens with one attached hydrogen (secondary N) is 1. The van der Waals surface area contributed by atoms with Gasteiger partial charge in [0.05, 0.1) is 36.6 Å². The van der Waals surface area contributed by atoms with Gasteiger partial charge in [-0.15, -0.1) is 0 Å². The normalized spacial score (nSPS) is 11.1. The van der Waals surface area contributed by atoms with Crippen molar-refractivity contribution >= 4 is 51.6 Å². The molecule has 7 nitrogen and oxygen atoms in total. The number of hydrogen-bond donors (Lipinski definition) is 1. The van der Waals surface area contributed by atoms with Crippen LogP contribution in [0.1, 0.15) is 18.1 Å². The largest absolute Gasteiger partial charge is 0.495 e. The van der Waals surface area contributed by atoms with Gasteiger partial charge in [0.25, 0.3) is 5.91 Å². The van der Waals surface area contributed by atoms with Crippen molar-refractivity contribution in [3.05, 3.63) is 93.5 Å². The van der Waals surface area contributed by atoms with E-state index in [0.29, 0.717) is 45.9 Å². The average Bonchev–Trinajstić information content (AvgIpc) is 2.96. The van der Waals surface area contributed by atoms with E-state index in [-0.39, 0.29) is 17.2 Å². The molecule has 204 valence electrons. The van der Waals surface area contributed by atoms with Crippen molar-refractivity contribution in [1.82, 2.24) is 0 Å². The van der Waals surface area contributed by atoms with Gasteiger partial charge in [-0.25, -0.2) is 0 Å². The Morgan fingerprint density at radius 3 is 2.40 bits per heavy atom. The summed E-state index contributed by atoms with van der Waals surface area (Å²) in [6, 6.07) is 22.3. The quantitative estimate of drug-likeness (QED) is 0.154. The Hall–Kier alpha value is -4.38. The molecule has 0 heterocycles. The van der Waals surface area contributed by atoms with Gasteiger partial charge >= 0.3 is 0 Å². The Balaban J connectivity index is 1.61. The van der Waals surface area contributed by atoms with E-state index < -0.39 is 5.91 Å². The zero-order valence-electron chi connectivity index (χ0n) is 22.1. The Bertz CT molecular complexity index is 1620. The zero-order chi connectivity index (χ0) is 28.6. The van der Waals surface area contributed by atoms with Gasteiger partial charge in [-0.2, -0.15) is 5.26 Å². The molecular weight excluding hydrogens is 551 g/mol. The molecule has 9 heteroatoms. The number of carbonyl (C=O) groups excluding carboxylic acids is 1. The average molecular weight is 577 g/mol. The van der Waals surface area contributed by atoms with Gasteiger partial charge in [0, 0.05) is 12.1 Å². The fraction of sp³-hybridized carbons (Fsp3) is 0.161. The fourth-order valence-electron chi connectivity index (χ4n) is 4.11. The third kappa shape index (κ3) is 6.42.